The average molecular weight is 308 g/mol. The molecule has 23 heavy (non-hydrogen) atoms. The molecule has 1 spiro atoms. The quantitative estimate of drug-likeness (QED) is 0.927. The Morgan fingerprint density at radius 1 is 1.09 bits per heavy atom. The summed E-state index contributed by atoms with van der Waals surface area (Å²) >= 11 is 0. The van der Waals surface area contributed by atoms with Gasteiger partial charge in [0.15, 0.2) is 0 Å². The maximum atomic E-state index is 12.8. The number of aromatic nitrogens is 1. The first kappa shape index (κ1) is 14.2. The maximum Gasteiger partial charge on any atom is 0.270 e. The number of nitrogens with one attached hydrogen (secondary N) is 1. The highest BCUT2D eigenvalue weighted by molar-refractivity contribution is 5.92. The summed E-state index contributed by atoms with van der Waals surface area (Å²) < 4.78 is 0. The van der Waals surface area contributed by atoms with Crippen molar-refractivity contribution in [2.75, 3.05) is 13.1 Å². The Morgan fingerprint density at radius 3 is 2.52 bits per heavy atom. The van der Waals surface area contributed by atoms with Gasteiger partial charge < -0.3 is 9.88 Å². The number of nitrogens with zero attached hydrogens (tertiary/aromatic N) is 1. The lowest BCUT2D eigenvalue weighted by molar-refractivity contribution is 0.0719. The average Bonchev–Trinajstić information content (AvgIpc) is 2.96. The highest BCUT2D eigenvalue weighted by Gasteiger charge is 2.51. The summed E-state index contributed by atoms with van der Waals surface area (Å²) in [4.78, 5) is 28.8. The minimum Gasteiger partial charge on any atom is -0.336 e. The lowest BCUT2D eigenvalue weighted by Gasteiger charge is -2.43. The molecule has 4 nitrogen and oxygen atoms in total. The summed E-state index contributed by atoms with van der Waals surface area (Å²) in [5.41, 5.74) is 1.71. The van der Waals surface area contributed by atoms with Crippen molar-refractivity contribution in [2.45, 2.75) is 25.2 Å². The fourth-order valence-corrected chi connectivity index (χ4v) is 4.15. The van der Waals surface area contributed by atoms with Crippen LogP contribution in [0.1, 0.15) is 41.2 Å². The van der Waals surface area contributed by atoms with Crippen LogP contribution in [0.25, 0.3) is 0 Å². The molecule has 1 aliphatic carbocycles. The van der Waals surface area contributed by atoms with Gasteiger partial charge in [-0.25, -0.2) is 0 Å². The molecule has 0 bridgehead atoms. The summed E-state index contributed by atoms with van der Waals surface area (Å²) in [6.07, 6.45) is 3.61. The molecule has 0 radical (unpaired) electrons. The van der Waals surface area contributed by atoms with Crippen molar-refractivity contribution in [3.05, 3.63) is 70.1 Å². The Balaban J connectivity index is 1.63. The molecule has 2 aliphatic rings. The van der Waals surface area contributed by atoms with Gasteiger partial charge in [0.25, 0.3) is 5.91 Å². The van der Waals surface area contributed by atoms with Crippen molar-refractivity contribution in [2.24, 2.45) is 5.41 Å². The van der Waals surface area contributed by atoms with Crippen LogP contribution in [-0.4, -0.2) is 28.9 Å². The number of aromatic amines is 1. The Kier molecular flexibility index (Phi) is 3.33. The van der Waals surface area contributed by atoms with Gasteiger partial charge in [0.2, 0.25) is 5.56 Å². The summed E-state index contributed by atoms with van der Waals surface area (Å²) in [6.45, 7) is 1.53. The van der Waals surface area contributed by atoms with Crippen LogP contribution < -0.4 is 5.56 Å². The molecule has 1 saturated heterocycles. The van der Waals surface area contributed by atoms with E-state index in [0.29, 0.717) is 11.6 Å². The minimum absolute atomic E-state index is 0.0626. The molecular weight excluding hydrogens is 288 g/mol. The van der Waals surface area contributed by atoms with Gasteiger partial charge in [-0.05, 0) is 29.9 Å². The van der Waals surface area contributed by atoms with Gasteiger partial charge in [-0.1, -0.05) is 42.8 Å². The summed E-state index contributed by atoms with van der Waals surface area (Å²) in [7, 11) is 0. The molecule has 1 atom stereocenters. The molecule has 4 heteroatoms. The molecule has 1 saturated carbocycles. The number of likely N-dealkylation sites (tertiary alicyclic amines) is 1. The van der Waals surface area contributed by atoms with Crippen molar-refractivity contribution >= 4 is 5.91 Å². The molecular formula is C19H20N2O2. The monoisotopic (exact) mass is 308 g/mol. The van der Waals surface area contributed by atoms with Crippen LogP contribution in [0.2, 0.25) is 0 Å². The predicted molar refractivity (Wildman–Crippen MR) is 88.4 cm³/mol. The number of amides is 1. The third-order valence-electron chi connectivity index (χ3n) is 5.49. The molecule has 1 aromatic heterocycles. The lowest BCUT2D eigenvalue weighted by Crippen LogP contribution is -2.38. The van der Waals surface area contributed by atoms with Gasteiger partial charge >= 0.3 is 0 Å². The van der Waals surface area contributed by atoms with E-state index in [1.165, 1.54) is 30.9 Å². The van der Waals surface area contributed by atoms with Gasteiger partial charge in [-0.3, -0.25) is 9.59 Å². The first-order chi connectivity index (χ1) is 11.2. The van der Waals surface area contributed by atoms with Crippen molar-refractivity contribution < 1.29 is 4.79 Å². The Morgan fingerprint density at radius 2 is 1.87 bits per heavy atom. The molecule has 1 aromatic carbocycles. The van der Waals surface area contributed by atoms with Crippen LogP contribution in [0, 0.1) is 5.41 Å². The number of pyridine rings is 1. The van der Waals surface area contributed by atoms with Crippen molar-refractivity contribution in [3.63, 3.8) is 0 Å². The zero-order chi connectivity index (χ0) is 15.9. The molecule has 1 aliphatic heterocycles. The molecule has 1 N–H and O–H groups in total. The van der Waals surface area contributed by atoms with E-state index in [1.54, 1.807) is 12.1 Å². The van der Waals surface area contributed by atoms with E-state index in [-0.39, 0.29) is 16.9 Å². The smallest absolute Gasteiger partial charge is 0.270 e. The molecule has 1 amide bonds. The fourth-order valence-electron chi connectivity index (χ4n) is 4.15. The molecule has 2 heterocycles. The first-order valence-electron chi connectivity index (χ1n) is 8.22. The van der Waals surface area contributed by atoms with Gasteiger partial charge in [0, 0.05) is 25.1 Å². The van der Waals surface area contributed by atoms with Gasteiger partial charge in [-0.15, -0.1) is 0 Å². The minimum atomic E-state index is -0.229. The highest BCUT2D eigenvalue weighted by atomic mass is 16.2. The highest BCUT2D eigenvalue weighted by Crippen LogP contribution is 2.55. The Labute approximate surface area is 135 Å². The molecule has 0 unspecified atom stereocenters. The number of hydrogen-bond donors (Lipinski definition) is 1. The molecule has 118 valence electrons. The van der Waals surface area contributed by atoms with E-state index in [4.69, 9.17) is 0 Å². The van der Waals surface area contributed by atoms with Crippen LogP contribution in [0.3, 0.4) is 0 Å². The normalized spacial score (nSPS) is 22.1. The number of hydrogen-bond acceptors (Lipinski definition) is 2. The topological polar surface area (TPSA) is 53.2 Å². The van der Waals surface area contributed by atoms with E-state index < -0.39 is 0 Å². The molecule has 2 aromatic rings. The zero-order valence-corrected chi connectivity index (χ0v) is 13.0. The zero-order valence-electron chi connectivity index (χ0n) is 13.0. The lowest BCUT2D eigenvalue weighted by atomic mass is 9.61. The van der Waals surface area contributed by atoms with Crippen molar-refractivity contribution in [1.82, 2.24) is 9.88 Å². The van der Waals surface area contributed by atoms with E-state index >= 15 is 0 Å². The second-order valence-corrected chi connectivity index (χ2v) is 6.79. The summed E-state index contributed by atoms with van der Waals surface area (Å²) in [5, 5.41) is 0. The van der Waals surface area contributed by atoms with Crippen LogP contribution in [0.4, 0.5) is 0 Å². The maximum absolute atomic E-state index is 12.8. The van der Waals surface area contributed by atoms with E-state index in [0.717, 1.165) is 13.1 Å². The van der Waals surface area contributed by atoms with Crippen LogP contribution in [0.5, 0.6) is 0 Å². The largest absolute Gasteiger partial charge is 0.336 e. The predicted octanol–water partition coefficient (Wildman–Crippen LogP) is 2.78. The number of rotatable bonds is 2. The Bertz CT molecular complexity index is 777. The first-order valence-corrected chi connectivity index (χ1v) is 8.22. The van der Waals surface area contributed by atoms with Gasteiger partial charge in [0.05, 0.1) is 0 Å². The van der Waals surface area contributed by atoms with Crippen LogP contribution in [-0.2, 0) is 0 Å². The van der Waals surface area contributed by atoms with Gasteiger partial charge in [-0.2, -0.15) is 0 Å². The second-order valence-electron chi connectivity index (χ2n) is 6.79. The van der Waals surface area contributed by atoms with Crippen LogP contribution in [0.15, 0.2) is 53.3 Å². The summed E-state index contributed by atoms with van der Waals surface area (Å²) in [6, 6.07) is 15.3. The standard InChI is InChI=1S/C19H20N2O2/c22-17-9-4-8-16(20-17)18(23)21-12-15(14-6-2-1-3-7-14)19(13-21)10-5-11-19/h1-4,6-9,15H,5,10-13H2,(H,20,22)/t15-/m1/s1. The van der Waals surface area contributed by atoms with Crippen molar-refractivity contribution in [3.8, 4) is 0 Å². The SMILES string of the molecule is O=C(c1cccc(=O)[nH]1)N1C[C@H](c2ccccc2)C2(CCC2)C1. The van der Waals surface area contributed by atoms with E-state index in [1.807, 2.05) is 11.0 Å². The number of H-pyrrole nitrogens is 1. The summed E-state index contributed by atoms with van der Waals surface area (Å²) in [5.74, 6) is 0.337. The number of carbonyl (C=O) groups is 1. The number of carbonyl (C=O) groups excluding carboxylic acids is 1. The van der Waals surface area contributed by atoms with Crippen molar-refractivity contribution in [1.29, 1.82) is 0 Å². The molecule has 2 fully saturated rings. The fraction of sp³-hybridized carbons (Fsp3) is 0.368. The van der Waals surface area contributed by atoms with E-state index in [2.05, 4.69) is 29.2 Å². The molecule has 4 rings (SSSR count). The van der Waals surface area contributed by atoms with E-state index in [9.17, 15) is 9.59 Å². The third-order valence-corrected chi connectivity index (χ3v) is 5.49. The third kappa shape index (κ3) is 2.38. The van der Waals surface area contributed by atoms with Gasteiger partial charge in [0.1, 0.15) is 5.69 Å². The van der Waals surface area contributed by atoms with Crippen LogP contribution >= 0.6 is 0 Å². The number of benzene rings is 1. The Hall–Kier alpha value is -2.36. The second kappa shape index (κ2) is 5.37.